The van der Waals surface area contributed by atoms with Crippen LogP contribution >= 0.6 is 0 Å². The van der Waals surface area contributed by atoms with E-state index in [0.29, 0.717) is 5.82 Å². The fraction of sp³-hybridized carbons (Fsp3) is 0.308. The van der Waals surface area contributed by atoms with E-state index in [1.54, 1.807) is 6.07 Å². The van der Waals surface area contributed by atoms with E-state index in [0.717, 1.165) is 11.3 Å². The van der Waals surface area contributed by atoms with Gasteiger partial charge in [-0.05, 0) is 42.9 Å². The quantitative estimate of drug-likeness (QED) is 0.794. The highest BCUT2D eigenvalue weighted by Gasteiger charge is 2.11. The van der Waals surface area contributed by atoms with Crippen molar-refractivity contribution in [1.29, 1.82) is 0 Å². The van der Waals surface area contributed by atoms with E-state index in [1.807, 2.05) is 0 Å². The Morgan fingerprint density at radius 3 is 2.62 bits per heavy atom. The Bertz CT molecular complexity index is 516. The number of benzene rings is 1. The van der Waals surface area contributed by atoms with Crippen LogP contribution in [0.2, 0.25) is 0 Å². The predicted octanol–water partition coefficient (Wildman–Crippen LogP) is 2.80. The molecule has 0 amide bonds. The molecule has 0 radical (unpaired) electrons. The summed E-state index contributed by atoms with van der Waals surface area (Å²) in [6.07, 6.45) is 4.97. The lowest BCUT2D eigenvalue weighted by Crippen LogP contribution is -2.02. The number of aryl methyl sites for hydroxylation is 2. The second kappa shape index (κ2) is 3.67. The summed E-state index contributed by atoms with van der Waals surface area (Å²) < 4.78 is 5.17. The highest BCUT2D eigenvalue weighted by atomic mass is 16.5. The van der Waals surface area contributed by atoms with Crippen molar-refractivity contribution in [3.8, 4) is 11.3 Å². The van der Waals surface area contributed by atoms with Gasteiger partial charge in [-0.2, -0.15) is 0 Å². The van der Waals surface area contributed by atoms with Crippen molar-refractivity contribution < 1.29 is 4.52 Å². The summed E-state index contributed by atoms with van der Waals surface area (Å²) in [5.41, 5.74) is 9.54. The first-order valence-corrected chi connectivity index (χ1v) is 5.67. The van der Waals surface area contributed by atoms with Crippen molar-refractivity contribution in [2.24, 2.45) is 0 Å². The maximum atomic E-state index is 5.55. The number of nitrogens with two attached hydrogens (primary N) is 1. The number of rotatable bonds is 1. The maximum Gasteiger partial charge on any atom is 0.169 e. The molecule has 3 heteroatoms. The molecule has 0 unspecified atom stereocenters. The Hall–Kier alpha value is -1.77. The first-order chi connectivity index (χ1) is 7.83. The van der Waals surface area contributed by atoms with Crippen molar-refractivity contribution in [3.05, 3.63) is 35.4 Å². The lowest BCUT2D eigenvalue weighted by atomic mass is 9.90. The van der Waals surface area contributed by atoms with Crippen LogP contribution in [0.4, 0.5) is 5.82 Å². The summed E-state index contributed by atoms with van der Waals surface area (Å²) in [7, 11) is 0. The fourth-order valence-corrected chi connectivity index (χ4v) is 2.31. The number of fused-ring (bicyclic) bond motifs is 1. The molecule has 1 aromatic heterocycles. The van der Waals surface area contributed by atoms with E-state index < -0.39 is 0 Å². The van der Waals surface area contributed by atoms with Gasteiger partial charge in [0.05, 0.1) is 0 Å². The Kier molecular flexibility index (Phi) is 2.17. The summed E-state index contributed by atoms with van der Waals surface area (Å²) in [6, 6.07) is 8.26. The zero-order valence-corrected chi connectivity index (χ0v) is 9.07. The van der Waals surface area contributed by atoms with E-state index in [-0.39, 0.29) is 0 Å². The third kappa shape index (κ3) is 1.58. The highest BCUT2D eigenvalue weighted by Crippen LogP contribution is 2.28. The number of nitrogen functional groups attached to an aromatic ring is 1. The van der Waals surface area contributed by atoms with Crippen molar-refractivity contribution >= 4 is 5.82 Å². The van der Waals surface area contributed by atoms with Gasteiger partial charge in [-0.25, -0.2) is 0 Å². The van der Waals surface area contributed by atoms with Gasteiger partial charge in [0.2, 0.25) is 0 Å². The highest BCUT2D eigenvalue weighted by molar-refractivity contribution is 5.62. The predicted molar refractivity (Wildman–Crippen MR) is 63.0 cm³/mol. The molecule has 2 N–H and O–H groups in total. The molecule has 1 aliphatic rings. The molecule has 82 valence electrons. The lowest BCUT2D eigenvalue weighted by molar-refractivity contribution is 0.435. The van der Waals surface area contributed by atoms with Gasteiger partial charge in [0.25, 0.3) is 0 Å². The largest absolute Gasteiger partial charge is 0.381 e. The smallest absolute Gasteiger partial charge is 0.169 e. The standard InChI is InChI=1S/C13H14N2O/c14-13-8-12(16-15-13)11-6-5-9-3-1-2-4-10(9)7-11/h5-8H,1-4H2,(H2,14,15). The Morgan fingerprint density at radius 1 is 1.06 bits per heavy atom. The topological polar surface area (TPSA) is 52.0 Å². The zero-order chi connectivity index (χ0) is 11.0. The third-order valence-corrected chi connectivity index (χ3v) is 3.16. The molecule has 1 aromatic carbocycles. The molecule has 0 atom stereocenters. The van der Waals surface area contributed by atoms with Gasteiger partial charge in [-0.3, -0.25) is 0 Å². The van der Waals surface area contributed by atoms with Crippen molar-refractivity contribution in [2.75, 3.05) is 5.73 Å². The minimum absolute atomic E-state index is 0.438. The number of hydrogen-bond acceptors (Lipinski definition) is 3. The van der Waals surface area contributed by atoms with Crippen molar-refractivity contribution in [1.82, 2.24) is 5.16 Å². The first kappa shape index (κ1) is 9.46. The van der Waals surface area contributed by atoms with Crippen LogP contribution in [0.3, 0.4) is 0 Å². The molecule has 3 nitrogen and oxygen atoms in total. The summed E-state index contributed by atoms with van der Waals surface area (Å²) in [5, 5.41) is 3.71. The number of aromatic nitrogens is 1. The molecule has 0 bridgehead atoms. The Morgan fingerprint density at radius 2 is 1.88 bits per heavy atom. The van der Waals surface area contributed by atoms with Crippen LogP contribution in [0.25, 0.3) is 11.3 Å². The molecule has 0 fully saturated rings. The van der Waals surface area contributed by atoms with E-state index in [4.69, 9.17) is 10.3 Å². The average molecular weight is 214 g/mol. The van der Waals surface area contributed by atoms with Gasteiger partial charge in [0.1, 0.15) is 0 Å². The van der Waals surface area contributed by atoms with Crippen LogP contribution in [0.1, 0.15) is 24.0 Å². The van der Waals surface area contributed by atoms with E-state index in [2.05, 4.69) is 23.4 Å². The monoisotopic (exact) mass is 214 g/mol. The third-order valence-electron chi connectivity index (χ3n) is 3.16. The molecular formula is C13H14N2O. The molecule has 1 heterocycles. The lowest BCUT2D eigenvalue weighted by Gasteiger charge is -2.15. The van der Waals surface area contributed by atoms with Gasteiger partial charge in [-0.15, -0.1) is 0 Å². The number of hydrogen-bond donors (Lipinski definition) is 1. The fourth-order valence-electron chi connectivity index (χ4n) is 2.31. The van der Waals surface area contributed by atoms with Crippen LogP contribution in [-0.2, 0) is 12.8 Å². The molecule has 16 heavy (non-hydrogen) atoms. The van der Waals surface area contributed by atoms with E-state index >= 15 is 0 Å². The molecule has 3 rings (SSSR count). The minimum atomic E-state index is 0.438. The van der Waals surface area contributed by atoms with Crippen molar-refractivity contribution in [2.45, 2.75) is 25.7 Å². The molecule has 1 aliphatic carbocycles. The summed E-state index contributed by atoms with van der Waals surface area (Å²) >= 11 is 0. The summed E-state index contributed by atoms with van der Waals surface area (Å²) in [6.45, 7) is 0. The van der Waals surface area contributed by atoms with Crippen LogP contribution < -0.4 is 5.73 Å². The minimum Gasteiger partial charge on any atom is -0.381 e. The molecule has 0 saturated heterocycles. The second-order valence-corrected chi connectivity index (χ2v) is 4.31. The molecule has 0 spiro atoms. The van der Waals surface area contributed by atoms with Gasteiger partial charge in [-0.1, -0.05) is 17.3 Å². The second-order valence-electron chi connectivity index (χ2n) is 4.31. The van der Waals surface area contributed by atoms with Gasteiger partial charge in [0, 0.05) is 11.6 Å². The number of nitrogens with zero attached hydrogens (tertiary/aromatic N) is 1. The van der Waals surface area contributed by atoms with Crippen LogP contribution in [0.5, 0.6) is 0 Å². The molecular weight excluding hydrogens is 200 g/mol. The maximum absolute atomic E-state index is 5.55. The molecule has 0 saturated carbocycles. The SMILES string of the molecule is Nc1cc(-c2ccc3c(c2)CCCC3)on1. The van der Waals surface area contributed by atoms with E-state index in [1.165, 1.54) is 36.8 Å². The van der Waals surface area contributed by atoms with E-state index in [9.17, 15) is 0 Å². The first-order valence-electron chi connectivity index (χ1n) is 5.67. The van der Waals surface area contributed by atoms with Crippen LogP contribution in [-0.4, -0.2) is 5.16 Å². The van der Waals surface area contributed by atoms with Crippen LogP contribution in [0.15, 0.2) is 28.8 Å². The summed E-state index contributed by atoms with van der Waals surface area (Å²) in [4.78, 5) is 0. The Labute approximate surface area is 94.2 Å². The number of anilines is 1. The molecule has 2 aromatic rings. The summed E-state index contributed by atoms with van der Waals surface area (Å²) in [5.74, 6) is 1.19. The van der Waals surface area contributed by atoms with Gasteiger partial charge in [0.15, 0.2) is 11.6 Å². The molecule has 0 aliphatic heterocycles. The van der Waals surface area contributed by atoms with Crippen LogP contribution in [0, 0.1) is 0 Å². The normalized spacial score (nSPS) is 14.8. The average Bonchev–Trinajstić information content (AvgIpc) is 2.75. The van der Waals surface area contributed by atoms with Gasteiger partial charge >= 0.3 is 0 Å². The van der Waals surface area contributed by atoms with Crippen molar-refractivity contribution in [3.63, 3.8) is 0 Å². The zero-order valence-electron chi connectivity index (χ0n) is 9.07. The Balaban J connectivity index is 2.02. The van der Waals surface area contributed by atoms with Gasteiger partial charge < -0.3 is 10.3 Å².